The normalized spacial score (nSPS) is 12.8. The Kier molecular flexibility index (Phi) is 4.98. The fraction of sp³-hybridized carbons (Fsp3) is 0.133. The van der Waals surface area contributed by atoms with Gasteiger partial charge in [0.25, 0.3) is 5.24 Å². The maximum atomic E-state index is 12.7. The van der Waals surface area contributed by atoms with Gasteiger partial charge < -0.3 is 4.74 Å². The van der Waals surface area contributed by atoms with Crippen LogP contribution in [0.25, 0.3) is 0 Å². The van der Waals surface area contributed by atoms with Gasteiger partial charge in [-0.2, -0.15) is 13.2 Å². The van der Waals surface area contributed by atoms with E-state index >= 15 is 0 Å². The number of halogens is 5. The van der Waals surface area contributed by atoms with Gasteiger partial charge in [0.15, 0.2) is 6.10 Å². The smallest absolute Gasteiger partial charge is 0.416 e. The molecule has 0 heterocycles. The largest absolute Gasteiger partial charge is 0.476 e. The van der Waals surface area contributed by atoms with Gasteiger partial charge in [-0.15, -0.1) is 0 Å². The average molecular weight is 349 g/mol. The van der Waals surface area contributed by atoms with E-state index in [4.69, 9.17) is 27.9 Å². The molecule has 1 atom stereocenters. The van der Waals surface area contributed by atoms with Crippen molar-refractivity contribution in [2.45, 2.75) is 12.3 Å². The molecular weight excluding hydrogens is 340 g/mol. The molecule has 0 saturated heterocycles. The molecule has 0 aliphatic heterocycles. The molecule has 0 radical (unpaired) electrons. The molecule has 7 heteroatoms. The summed E-state index contributed by atoms with van der Waals surface area (Å²) in [7, 11) is 0. The van der Waals surface area contributed by atoms with Crippen LogP contribution in [0.2, 0.25) is 5.02 Å². The highest BCUT2D eigenvalue weighted by molar-refractivity contribution is 6.64. The van der Waals surface area contributed by atoms with Gasteiger partial charge in [-0.25, -0.2) is 0 Å². The predicted molar refractivity (Wildman–Crippen MR) is 77.1 cm³/mol. The zero-order valence-electron chi connectivity index (χ0n) is 10.9. The molecule has 0 amide bonds. The Balaban J connectivity index is 2.29. The van der Waals surface area contributed by atoms with Crippen LogP contribution >= 0.6 is 23.2 Å². The van der Waals surface area contributed by atoms with Crippen LogP contribution < -0.4 is 4.74 Å². The van der Waals surface area contributed by atoms with Gasteiger partial charge in [-0.05, 0) is 41.9 Å². The SMILES string of the molecule is O=C(Cl)[C@H](Oc1cccc(C(F)(F)F)c1)c1ccc(Cl)cc1. The minimum atomic E-state index is -4.50. The first-order chi connectivity index (χ1) is 10.3. The van der Waals surface area contributed by atoms with Crippen molar-refractivity contribution in [2.75, 3.05) is 0 Å². The number of carbonyl (C=O) groups excluding carboxylic acids is 1. The second-order valence-corrected chi connectivity index (χ2v) is 5.19. The molecule has 0 spiro atoms. The highest BCUT2D eigenvalue weighted by atomic mass is 35.5. The minimum absolute atomic E-state index is 0.108. The lowest BCUT2D eigenvalue weighted by molar-refractivity contribution is -0.137. The highest BCUT2D eigenvalue weighted by Gasteiger charge is 2.31. The Morgan fingerprint density at radius 1 is 1.09 bits per heavy atom. The van der Waals surface area contributed by atoms with Crippen molar-refractivity contribution in [3.8, 4) is 5.75 Å². The Morgan fingerprint density at radius 2 is 1.73 bits per heavy atom. The second kappa shape index (κ2) is 6.58. The van der Waals surface area contributed by atoms with Crippen molar-refractivity contribution >= 4 is 28.4 Å². The molecule has 2 rings (SSSR count). The van der Waals surface area contributed by atoms with Crippen LogP contribution in [-0.4, -0.2) is 5.24 Å². The quantitative estimate of drug-likeness (QED) is 0.706. The lowest BCUT2D eigenvalue weighted by Gasteiger charge is -2.17. The van der Waals surface area contributed by atoms with E-state index in [1.54, 1.807) is 0 Å². The number of hydrogen-bond donors (Lipinski definition) is 0. The molecule has 22 heavy (non-hydrogen) atoms. The van der Waals surface area contributed by atoms with E-state index in [1.165, 1.54) is 36.4 Å². The number of rotatable bonds is 4. The molecule has 0 bridgehead atoms. The number of benzene rings is 2. The molecule has 0 fully saturated rings. The Labute approximate surface area is 134 Å². The fourth-order valence-electron chi connectivity index (χ4n) is 1.76. The van der Waals surface area contributed by atoms with Crippen LogP contribution in [0.5, 0.6) is 5.75 Å². The van der Waals surface area contributed by atoms with Crippen molar-refractivity contribution in [3.63, 3.8) is 0 Å². The van der Waals surface area contributed by atoms with Crippen LogP contribution in [0, 0.1) is 0 Å². The van der Waals surface area contributed by atoms with Crippen molar-refractivity contribution in [1.29, 1.82) is 0 Å². The lowest BCUT2D eigenvalue weighted by Crippen LogP contribution is -2.15. The summed E-state index contributed by atoms with van der Waals surface area (Å²) >= 11 is 11.2. The third-order valence-corrected chi connectivity index (χ3v) is 3.24. The minimum Gasteiger partial charge on any atom is -0.476 e. The van der Waals surface area contributed by atoms with Gasteiger partial charge >= 0.3 is 6.18 Å². The summed E-state index contributed by atoms with van der Waals surface area (Å²) in [6.07, 6.45) is -5.72. The number of hydrogen-bond acceptors (Lipinski definition) is 2. The monoisotopic (exact) mass is 348 g/mol. The predicted octanol–water partition coefficient (Wildman–Crippen LogP) is 5.24. The van der Waals surface area contributed by atoms with Crippen LogP contribution in [0.15, 0.2) is 48.5 Å². The summed E-state index contributed by atoms with van der Waals surface area (Å²) in [5.74, 6) is -0.108. The first kappa shape index (κ1) is 16.6. The second-order valence-electron chi connectivity index (χ2n) is 4.38. The summed E-state index contributed by atoms with van der Waals surface area (Å²) in [5.41, 5.74) is -0.483. The van der Waals surface area contributed by atoms with Gasteiger partial charge in [-0.1, -0.05) is 29.8 Å². The third kappa shape index (κ3) is 4.15. The number of ether oxygens (including phenoxy) is 1. The van der Waals surface area contributed by atoms with E-state index in [2.05, 4.69) is 0 Å². The van der Waals surface area contributed by atoms with E-state index in [-0.39, 0.29) is 5.75 Å². The van der Waals surface area contributed by atoms with Crippen molar-refractivity contribution in [2.24, 2.45) is 0 Å². The molecule has 2 nitrogen and oxygen atoms in total. The zero-order chi connectivity index (χ0) is 16.3. The summed E-state index contributed by atoms with van der Waals surface area (Å²) in [6.45, 7) is 0. The summed E-state index contributed by atoms with van der Waals surface area (Å²) in [5, 5.41) is -0.400. The Bertz CT molecular complexity index is 669. The van der Waals surface area contributed by atoms with Gasteiger partial charge in [0.05, 0.1) is 5.56 Å². The first-order valence-electron chi connectivity index (χ1n) is 6.06. The molecule has 116 valence electrons. The van der Waals surface area contributed by atoms with E-state index in [9.17, 15) is 18.0 Å². The van der Waals surface area contributed by atoms with Crippen LogP contribution in [0.4, 0.5) is 13.2 Å². The summed E-state index contributed by atoms with van der Waals surface area (Å²) < 4.78 is 43.3. The molecule has 0 saturated carbocycles. The maximum Gasteiger partial charge on any atom is 0.416 e. The highest BCUT2D eigenvalue weighted by Crippen LogP contribution is 2.33. The molecule has 0 aliphatic rings. The molecule has 0 unspecified atom stereocenters. The van der Waals surface area contributed by atoms with Crippen LogP contribution in [0.1, 0.15) is 17.2 Å². The molecule has 0 aromatic heterocycles. The molecule has 0 aliphatic carbocycles. The van der Waals surface area contributed by atoms with E-state index in [1.807, 2.05) is 0 Å². The third-order valence-electron chi connectivity index (χ3n) is 2.79. The van der Waals surface area contributed by atoms with Gasteiger partial charge in [-0.3, -0.25) is 4.79 Å². The van der Waals surface area contributed by atoms with Gasteiger partial charge in [0, 0.05) is 10.6 Å². The fourth-order valence-corrected chi connectivity index (χ4v) is 2.06. The number of carbonyl (C=O) groups is 1. The first-order valence-corrected chi connectivity index (χ1v) is 6.81. The summed E-state index contributed by atoms with van der Waals surface area (Å²) in [4.78, 5) is 11.5. The molecular formula is C15H9Cl2F3O2. The Morgan fingerprint density at radius 3 is 2.27 bits per heavy atom. The van der Waals surface area contributed by atoms with Gasteiger partial charge in [0.2, 0.25) is 0 Å². The average Bonchev–Trinajstić information content (AvgIpc) is 2.45. The maximum absolute atomic E-state index is 12.7. The van der Waals surface area contributed by atoms with E-state index in [0.717, 1.165) is 12.1 Å². The van der Waals surface area contributed by atoms with Crippen molar-refractivity contribution in [1.82, 2.24) is 0 Å². The standard InChI is InChI=1S/C15H9Cl2F3O2/c16-11-6-4-9(5-7-11)13(14(17)21)22-12-3-1-2-10(8-12)15(18,19)20/h1-8,13H/t13-/m1/s1. The summed E-state index contributed by atoms with van der Waals surface area (Å²) in [6, 6.07) is 10.3. The van der Waals surface area contributed by atoms with E-state index < -0.39 is 23.1 Å². The molecule has 0 N–H and O–H groups in total. The lowest BCUT2D eigenvalue weighted by atomic mass is 10.1. The van der Waals surface area contributed by atoms with Crippen LogP contribution in [-0.2, 0) is 11.0 Å². The molecule has 2 aromatic carbocycles. The van der Waals surface area contributed by atoms with Crippen LogP contribution in [0.3, 0.4) is 0 Å². The van der Waals surface area contributed by atoms with Crippen molar-refractivity contribution in [3.05, 3.63) is 64.7 Å². The van der Waals surface area contributed by atoms with Gasteiger partial charge in [0.1, 0.15) is 5.75 Å². The topological polar surface area (TPSA) is 26.3 Å². The molecule has 2 aromatic rings. The Hall–Kier alpha value is -1.72. The number of alkyl halides is 3. The van der Waals surface area contributed by atoms with Crippen molar-refractivity contribution < 1.29 is 22.7 Å². The van der Waals surface area contributed by atoms with E-state index in [0.29, 0.717) is 10.6 Å². The zero-order valence-corrected chi connectivity index (χ0v) is 12.4.